The molecule has 1 aliphatic heterocycles. The molecule has 158 valence electrons. The first-order valence-electron chi connectivity index (χ1n) is 10.7. The van der Waals surface area contributed by atoms with Crippen LogP contribution in [-0.2, 0) is 4.79 Å². The number of benzene rings is 2. The van der Waals surface area contributed by atoms with E-state index in [9.17, 15) is 4.79 Å². The number of nitrogens with zero attached hydrogens (tertiary/aromatic N) is 3. The van der Waals surface area contributed by atoms with Crippen LogP contribution in [0.25, 0.3) is 10.2 Å². The molecule has 1 aliphatic rings. The van der Waals surface area contributed by atoms with Crippen LogP contribution in [0, 0.1) is 13.8 Å². The number of aromatic nitrogens is 1. The first-order valence-corrected chi connectivity index (χ1v) is 11.5. The summed E-state index contributed by atoms with van der Waals surface area (Å²) in [5, 5.41) is 1.00. The summed E-state index contributed by atoms with van der Waals surface area (Å²) in [6, 6.07) is 14.7. The first-order chi connectivity index (χ1) is 14.4. The van der Waals surface area contributed by atoms with Gasteiger partial charge in [0.25, 0.3) is 5.91 Å². The van der Waals surface area contributed by atoms with Gasteiger partial charge in [0.2, 0.25) is 0 Å². The van der Waals surface area contributed by atoms with E-state index in [2.05, 4.69) is 49.9 Å². The molecule has 1 N–H and O–H groups in total. The Balaban J connectivity index is 1.34. The highest BCUT2D eigenvalue weighted by molar-refractivity contribution is 7.18. The van der Waals surface area contributed by atoms with Crippen LogP contribution in [0.5, 0.6) is 0 Å². The number of aryl methyl sites for hydroxylation is 1. The van der Waals surface area contributed by atoms with Gasteiger partial charge < -0.3 is 14.7 Å². The van der Waals surface area contributed by atoms with Gasteiger partial charge in [-0.1, -0.05) is 24.3 Å². The number of para-hydroxylation sites is 1. The molecule has 1 saturated heterocycles. The zero-order chi connectivity index (χ0) is 21.3. The minimum Gasteiger partial charge on any atom is -0.360 e. The van der Waals surface area contributed by atoms with E-state index in [1.165, 1.54) is 26.4 Å². The summed E-state index contributed by atoms with van der Waals surface area (Å²) in [5.74, 6) is 0.192. The van der Waals surface area contributed by atoms with Crippen LogP contribution in [0.1, 0.15) is 29.1 Å². The summed E-state index contributed by atoms with van der Waals surface area (Å²) in [4.78, 5) is 23.4. The topological polar surface area (TPSA) is 40.9 Å². The molecule has 0 saturated carbocycles. The molecule has 6 heteroatoms. The number of anilines is 1. The third-order valence-electron chi connectivity index (χ3n) is 6.43. The molecule has 30 heavy (non-hydrogen) atoms. The molecule has 0 radical (unpaired) electrons. The van der Waals surface area contributed by atoms with Crippen LogP contribution in [0.4, 0.5) is 5.69 Å². The molecule has 5 nitrogen and oxygen atoms in total. The highest BCUT2D eigenvalue weighted by Crippen LogP contribution is 2.28. The van der Waals surface area contributed by atoms with Gasteiger partial charge in [-0.15, -0.1) is 11.3 Å². The number of hydrogen-bond donors (Lipinski definition) is 1. The highest BCUT2D eigenvalue weighted by Gasteiger charge is 2.27. The molecule has 1 atom stereocenters. The molecule has 1 aromatic heterocycles. The molecular weight excluding hydrogens is 392 g/mol. The Bertz CT molecular complexity index is 1010. The van der Waals surface area contributed by atoms with Gasteiger partial charge in [0, 0.05) is 12.7 Å². The second kappa shape index (κ2) is 8.74. The van der Waals surface area contributed by atoms with Crippen molar-refractivity contribution in [1.29, 1.82) is 0 Å². The van der Waals surface area contributed by atoms with E-state index in [0.717, 1.165) is 36.7 Å². The van der Waals surface area contributed by atoms with Gasteiger partial charge >= 0.3 is 0 Å². The van der Waals surface area contributed by atoms with Gasteiger partial charge in [-0.25, -0.2) is 4.98 Å². The van der Waals surface area contributed by atoms with Crippen molar-refractivity contribution in [2.24, 2.45) is 0 Å². The molecule has 0 bridgehead atoms. The van der Waals surface area contributed by atoms with Crippen molar-refractivity contribution in [2.45, 2.75) is 26.8 Å². The lowest BCUT2D eigenvalue weighted by Crippen LogP contribution is -3.15. The third-order valence-corrected chi connectivity index (χ3v) is 7.64. The summed E-state index contributed by atoms with van der Waals surface area (Å²) in [5.41, 5.74) is 5.05. The van der Waals surface area contributed by atoms with Crippen LogP contribution in [0.3, 0.4) is 0 Å². The van der Waals surface area contributed by atoms with E-state index in [-0.39, 0.29) is 11.9 Å². The summed E-state index contributed by atoms with van der Waals surface area (Å²) in [7, 11) is 1.91. The third kappa shape index (κ3) is 4.20. The van der Waals surface area contributed by atoms with Gasteiger partial charge in [-0.2, -0.15) is 0 Å². The fourth-order valence-corrected chi connectivity index (χ4v) is 5.17. The molecular formula is C24H31N4OS+. The van der Waals surface area contributed by atoms with Crippen molar-refractivity contribution in [3.05, 3.63) is 58.6 Å². The summed E-state index contributed by atoms with van der Waals surface area (Å²) < 4.78 is 1.17. The summed E-state index contributed by atoms with van der Waals surface area (Å²) >= 11 is 1.68. The van der Waals surface area contributed by atoms with Crippen LogP contribution >= 0.6 is 11.3 Å². The predicted octanol–water partition coefficient (Wildman–Crippen LogP) is 2.84. The minimum absolute atomic E-state index is 0.00877. The quantitative estimate of drug-likeness (QED) is 0.686. The Labute approximate surface area is 182 Å². The highest BCUT2D eigenvalue weighted by atomic mass is 32.1. The maximum Gasteiger partial charge on any atom is 0.278 e. The van der Waals surface area contributed by atoms with Gasteiger partial charge in [-0.05, 0) is 50.1 Å². The average molecular weight is 424 g/mol. The number of nitrogens with one attached hydrogen (secondary N) is 1. The number of amides is 1. The number of likely N-dealkylation sites (N-methyl/N-ethyl adjacent to an activating group) is 1. The lowest BCUT2D eigenvalue weighted by Gasteiger charge is -2.35. The fraction of sp³-hybridized carbons (Fsp3) is 0.417. The number of carbonyl (C=O) groups is 1. The Hall–Kier alpha value is -2.44. The van der Waals surface area contributed by atoms with E-state index in [1.807, 2.05) is 30.1 Å². The predicted molar refractivity (Wildman–Crippen MR) is 124 cm³/mol. The molecule has 2 heterocycles. The molecule has 3 aromatic rings. The number of thiazole rings is 1. The summed E-state index contributed by atoms with van der Waals surface area (Å²) in [6.45, 7) is 10.9. The van der Waals surface area contributed by atoms with E-state index >= 15 is 0 Å². The zero-order valence-electron chi connectivity index (χ0n) is 18.3. The summed E-state index contributed by atoms with van der Waals surface area (Å²) in [6.07, 6.45) is 0. The fourth-order valence-electron chi connectivity index (χ4n) is 4.11. The molecule has 4 rings (SSSR count). The average Bonchev–Trinajstić information content (AvgIpc) is 3.19. The van der Waals surface area contributed by atoms with Crippen LogP contribution < -0.4 is 9.80 Å². The number of carbonyl (C=O) groups excluding carboxylic acids is 1. The number of hydrogen-bond acceptors (Lipinski definition) is 4. The maximum atomic E-state index is 13.0. The number of piperazine rings is 1. The van der Waals surface area contributed by atoms with Crippen LogP contribution in [-0.4, -0.2) is 55.6 Å². The largest absolute Gasteiger partial charge is 0.360 e. The van der Waals surface area contributed by atoms with Crippen LogP contribution in [0.2, 0.25) is 0 Å². The lowest BCUT2D eigenvalue weighted by molar-refractivity contribution is -0.892. The number of fused-ring (bicyclic) bond motifs is 1. The van der Waals surface area contributed by atoms with Crippen molar-refractivity contribution in [2.75, 3.05) is 44.7 Å². The number of quaternary nitrogens is 1. The lowest BCUT2D eigenvalue weighted by atomic mass is 10.1. The molecule has 0 aliphatic carbocycles. The Kier molecular flexibility index (Phi) is 6.06. The Morgan fingerprint density at radius 2 is 1.90 bits per heavy atom. The number of rotatable bonds is 5. The van der Waals surface area contributed by atoms with E-state index in [1.54, 1.807) is 11.3 Å². The molecule has 1 fully saturated rings. The monoisotopic (exact) mass is 423 g/mol. The van der Waals surface area contributed by atoms with Crippen molar-refractivity contribution in [3.63, 3.8) is 0 Å². The Morgan fingerprint density at radius 3 is 2.63 bits per heavy atom. The SMILES string of the molecule is Cc1cccc(N2CC[NH+](CC(=O)N(C)[C@@H](C)c3nc4ccccc4s3)CC2)c1C. The van der Waals surface area contributed by atoms with Crippen molar-refractivity contribution >= 4 is 33.1 Å². The normalized spacial score (nSPS) is 16.1. The van der Waals surface area contributed by atoms with Gasteiger partial charge in [0.15, 0.2) is 6.54 Å². The molecule has 2 aromatic carbocycles. The zero-order valence-corrected chi connectivity index (χ0v) is 19.1. The Morgan fingerprint density at radius 1 is 1.17 bits per heavy atom. The smallest absolute Gasteiger partial charge is 0.278 e. The van der Waals surface area contributed by atoms with Gasteiger partial charge in [0.05, 0.1) is 42.4 Å². The van der Waals surface area contributed by atoms with E-state index < -0.39 is 0 Å². The van der Waals surface area contributed by atoms with Gasteiger partial charge in [0.1, 0.15) is 5.01 Å². The molecule has 0 unspecified atom stereocenters. The first kappa shape index (κ1) is 20.8. The van der Waals surface area contributed by atoms with Gasteiger partial charge in [-0.3, -0.25) is 4.79 Å². The molecule has 0 spiro atoms. The van der Waals surface area contributed by atoms with Crippen molar-refractivity contribution < 1.29 is 9.69 Å². The maximum absolute atomic E-state index is 13.0. The second-order valence-electron chi connectivity index (χ2n) is 8.33. The molecule has 1 amide bonds. The van der Waals surface area contributed by atoms with Crippen LogP contribution in [0.15, 0.2) is 42.5 Å². The van der Waals surface area contributed by atoms with Crippen molar-refractivity contribution in [3.8, 4) is 0 Å². The van der Waals surface area contributed by atoms with E-state index in [4.69, 9.17) is 4.98 Å². The standard InChI is InChI=1S/C24H30N4OS/c1-17-8-7-10-21(18(17)2)28-14-12-27(13-15-28)16-23(29)26(4)19(3)24-25-20-9-5-6-11-22(20)30-24/h5-11,19H,12-16H2,1-4H3/p+1/t19-/m0/s1. The second-order valence-corrected chi connectivity index (χ2v) is 9.40. The minimum atomic E-state index is -0.00877. The van der Waals surface area contributed by atoms with E-state index in [0.29, 0.717) is 6.54 Å². The van der Waals surface area contributed by atoms with Crippen molar-refractivity contribution in [1.82, 2.24) is 9.88 Å².